The van der Waals surface area contributed by atoms with E-state index in [9.17, 15) is 9.18 Å². The molecule has 3 heterocycles. The van der Waals surface area contributed by atoms with E-state index < -0.39 is 0 Å². The fraction of sp³-hybridized carbons (Fsp3) is 0.474. The molecule has 2 fully saturated rings. The first-order chi connectivity index (χ1) is 12.2. The van der Waals surface area contributed by atoms with Crippen molar-refractivity contribution in [1.29, 1.82) is 0 Å². The number of rotatable bonds is 3. The summed E-state index contributed by atoms with van der Waals surface area (Å²) in [7, 11) is 0. The van der Waals surface area contributed by atoms with Crippen LogP contribution in [0.1, 0.15) is 37.2 Å². The summed E-state index contributed by atoms with van der Waals surface area (Å²) < 4.78 is 20.6. The number of amides is 1. The van der Waals surface area contributed by atoms with Gasteiger partial charge in [0.2, 0.25) is 0 Å². The summed E-state index contributed by atoms with van der Waals surface area (Å²) in [5, 5.41) is 4.37. The zero-order valence-electron chi connectivity index (χ0n) is 14.1. The molecule has 0 spiro atoms. The minimum atomic E-state index is -0.268. The van der Waals surface area contributed by atoms with Gasteiger partial charge in [-0.2, -0.15) is 5.10 Å². The molecule has 1 atom stereocenters. The van der Waals surface area contributed by atoms with Crippen molar-refractivity contribution in [1.82, 2.24) is 14.7 Å². The summed E-state index contributed by atoms with van der Waals surface area (Å²) >= 11 is 0. The maximum Gasteiger partial charge on any atom is 0.251 e. The first-order valence-electron chi connectivity index (χ1n) is 8.91. The number of hydrogen-bond acceptors (Lipinski definition) is 3. The molecular weight excluding hydrogens is 321 g/mol. The predicted octanol–water partition coefficient (Wildman–Crippen LogP) is 2.90. The van der Waals surface area contributed by atoms with Crippen LogP contribution in [0.4, 0.5) is 4.39 Å². The molecule has 25 heavy (non-hydrogen) atoms. The molecule has 5 nitrogen and oxygen atoms in total. The molecule has 1 aromatic carbocycles. The third-order valence-corrected chi connectivity index (χ3v) is 5.16. The molecule has 2 aliphatic rings. The Balaban J connectivity index is 1.39. The van der Waals surface area contributed by atoms with Crippen molar-refractivity contribution in [3.05, 3.63) is 48.0 Å². The molecule has 0 unspecified atom stereocenters. The van der Waals surface area contributed by atoms with E-state index in [0.29, 0.717) is 12.5 Å². The highest BCUT2D eigenvalue weighted by molar-refractivity contribution is 5.81. The molecular formula is C19H22FN3O2. The standard InChI is InChI=1S/C19H22FN3O2/c20-16-3-1-4-17(11-16)23-13-15(12-21-23)14-6-8-22(9-7-14)19(24)18-5-2-10-25-18/h1,3-4,11-14,18H,2,5-10H2/t18-/m0/s1. The van der Waals surface area contributed by atoms with Crippen molar-refractivity contribution < 1.29 is 13.9 Å². The number of likely N-dealkylation sites (tertiary alicyclic amines) is 1. The van der Waals surface area contributed by atoms with Crippen LogP contribution in [0.3, 0.4) is 0 Å². The largest absolute Gasteiger partial charge is 0.368 e. The molecule has 0 bridgehead atoms. The van der Waals surface area contributed by atoms with E-state index in [1.165, 1.54) is 12.1 Å². The van der Waals surface area contributed by atoms with Crippen LogP contribution in [-0.2, 0) is 9.53 Å². The van der Waals surface area contributed by atoms with E-state index in [1.54, 1.807) is 10.7 Å². The average Bonchev–Trinajstić information content (AvgIpc) is 3.33. The summed E-state index contributed by atoms with van der Waals surface area (Å²) in [5.74, 6) is 0.262. The molecule has 0 saturated carbocycles. The average molecular weight is 343 g/mol. The summed E-state index contributed by atoms with van der Waals surface area (Å²) in [6.07, 6.45) is 7.27. The molecule has 0 N–H and O–H groups in total. The zero-order valence-corrected chi connectivity index (χ0v) is 14.1. The first kappa shape index (κ1) is 16.3. The van der Waals surface area contributed by atoms with Gasteiger partial charge in [0.05, 0.1) is 11.9 Å². The van der Waals surface area contributed by atoms with Crippen LogP contribution in [0, 0.1) is 5.82 Å². The highest BCUT2D eigenvalue weighted by atomic mass is 19.1. The lowest BCUT2D eigenvalue weighted by Crippen LogP contribution is -2.43. The van der Waals surface area contributed by atoms with Gasteiger partial charge in [0.15, 0.2) is 0 Å². The van der Waals surface area contributed by atoms with E-state index >= 15 is 0 Å². The van der Waals surface area contributed by atoms with Gasteiger partial charge in [-0.15, -0.1) is 0 Å². The molecule has 2 aliphatic heterocycles. The van der Waals surface area contributed by atoms with Crippen molar-refractivity contribution in [3.8, 4) is 5.69 Å². The number of hydrogen-bond donors (Lipinski definition) is 0. The van der Waals surface area contributed by atoms with Crippen molar-refractivity contribution >= 4 is 5.91 Å². The Bertz CT molecular complexity index is 747. The van der Waals surface area contributed by atoms with Gasteiger partial charge in [-0.1, -0.05) is 6.07 Å². The van der Waals surface area contributed by atoms with E-state index in [4.69, 9.17) is 4.74 Å². The second-order valence-corrected chi connectivity index (χ2v) is 6.80. The third kappa shape index (κ3) is 3.44. The summed E-state index contributed by atoms with van der Waals surface area (Å²) in [5.41, 5.74) is 1.87. The quantitative estimate of drug-likeness (QED) is 0.861. The molecule has 0 radical (unpaired) electrons. The summed E-state index contributed by atoms with van der Waals surface area (Å²) in [6, 6.07) is 6.41. The molecule has 2 aromatic rings. The zero-order chi connectivity index (χ0) is 17.2. The van der Waals surface area contributed by atoms with Crippen LogP contribution in [0.25, 0.3) is 5.69 Å². The second-order valence-electron chi connectivity index (χ2n) is 6.80. The molecule has 132 valence electrons. The van der Waals surface area contributed by atoms with Crippen molar-refractivity contribution in [2.75, 3.05) is 19.7 Å². The third-order valence-electron chi connectivity index (χ3n) is 5.16. The Labute approximate surface area is 146 Å². The Kier molecular flexibility index (Phi) is 4.53. The SMILES string of the molecule is O=C([C@@H]1CCCO1)N1CCC(c2cnn(-c3cccc(F)c3)c2)CC1. The monoisotopic (exact) mass is 343 g/mol. The lowest BCUT2D eigenvalue weighted by atomic mass is 9.91. The van der Waals surface area contributed by atoms with E-state index in [2.05, 4.69) is 5.10 Å². The Morgan fingerprint density at radius 1 is 1.24 bits per heavy atom. The first-order valence-corrected chi connectivity index (χ1v) is 8.91. The van der Waals surface area contributed by atoms with Crippen LogP contribution in [0.5, 0.6) is 0 Å². The molecule has 1 aromatic heterocycles. The van der Waals surface area contributed by atoms with Crippen LogP contribution in [0.2, 0.25) is 0 Å². The van der Waals surface area contributed by atoms with Gasteiger partial charge in [0.25, 0.3) is 5.91 Å². The fourth-order valence-corrected chi connectivity index (χ4v) is 3.72. The number of nitrogens with zero attached hydrogens (tertiary/aromatic N) is 3. The van der Waals surface area contributed by atoms with Crippen LogP contribution in [-0.4, -0.2) is 46.4 Å². The predicted molar refractivity (Wildman–Crippen MR) is 91.1 cm³/mol. The van der Waals surface area contributed by atoms with E-state index in [1.807, 2.05) is 23.4 Å². The number of ether oxygens (including phenoxy) is 1. The second kappa shape index (κ2) is 6.96. The lowest BCUT2D eigenvalue weighted by molar-refractivity contribution is -0.142. The molecule has 1 amide bonds. The minimum Gasteiger partial charge on any atom is -0.368 e. The van der Waals surface area contributed by atoms with Gasteiger partial charge in [0, 0.05) is 25.9 Å². The maximum atomic E-state index is 13.4. The van der Waals surface area contributed by atoms with Gasteiger partial charge >= 0.3 is 0 Å². The number of aromatic nitrogens is 2. The lowest BCUT2D eigenvalue weighted by Gasteiger charge is -2.33. The Morgan fingerprint density at radius 2 is 2.08 bits per heavy atom. The van der Waals surface area contributed by atoms with Gasteiger partial charge in [-0.05, 0) is 55.4 Å². The number of carbonyl (C=O) groups excluding carboxylic acids is 1. The number of benzene rings is 1. The Hall–Kier alpha value is -2.21. The van der Waals surface area contributed by atoms with Crippen molar-refractivity contribution in [2.24, 2.45) is 0 Å². The smallest absolute Gasteiger partial charge is 0.251 e. The maximum absolute atomic E-state index is 13.4. The van der Waals surface area contributed by atoms with Gasteiger partial charge < -0.3 is 9.64 Å². The fourth-order valence-electron chi connectivity index (χ4n) is 3.72. The highest BCUT2D eigenvalue weighted by Crippen LogP contribution is 2.29. The highest BCUT2D eigenvalue weighted by Gasteiger charge is 2.31. The van der Waals surface area contributed by atoms with E-state index in [-0.39, 0.29) is 17.8 Å². The van der Waals surface area contributed by atoms with Gasteiger partial charge in [-0.25, -0.2) is 9.07 Å². The Morgan fingerprint density at radius 3 is 2.80 bits per heavy atom. The van der Waals surface area contributed by atoms with Crippen molar-refractivity contribution in [2.45, 2.75) is 37.7 Å². The van der Waals surface area contributed by atoms with Gasteiger partial charge in [0.1, 0.15) is 11.9 Å². The normalized spacial score (nSPS) is 21.6. The summed E-state index contributed by atoms with van der Waals surface area (Å²) in [6.45, 7) is 2.22. The number of carbonyl (C=O) groups is 1. The summed E-state index contributed by atoms with van der Waals surface area (Å²) in [4.78, 5) is 14.3. The topological polar surface area (TPSA) is 47.4 Å². The van der Waals surface area contributed by atoms with Crippen molar-refractivity contribution in [3.63, 3.8) is 0 Å². The van der Waals surface area contributed by atoms with E-state index in [0.717, 1.165) is 50.0 Å². The molecule has 4 rings (SSSR count). The number of halogens is 1. The molecule has 2 saturated heterocycles. The molecule has 6 heteroatoms. The minimum absolute atomic E-state index is 0.145. The van der Waals surface area contributed by atoms with Gasteiger partial charge in [-0.3, -0.25) is 4.79 Å². The van der Waals surface area contributed by atoms with Crippen LogP contribution < -0.4 is 0 Å². The molecule has 0 aliphatic carbocycles. The van der Waals surface area contributed by atoms with Crippen LogP contribution in [0.15, 0.2) is 36.7 Å². The number of piperidine rings is 1. The van der Waals surface area contributed by atoms with Crippen LogP contribution >= 0.6 is 0 Å².